The standard InChI is InChI=1S/C25H22BrN3O/c1-24(2,3)23(30)21-20(17-8-6-9-18(26)13-17)25(14-27,15-28)22-19-10-5-4-7-16(19)11-12-29(21)22/h4-13,20-22H,1-3H3/t20-,21+,22-/m0/s1. The molecule has 2 aliphatic heterocycles. The summed E-state index contributed by atoms with van der Waals surface area (Å²) in [6.07, 6.45) is 3.86. The molecule has 2 aromatic rings. The maximum absolute atomic E-state index is 13.7. The van der Waals surface area contributed by atoms with Crippen LogP contribution >= 0.6 is 15.9 Å². The highest BCUT2D eigenvalue weighted by Gasteiger charge is 2.64. The van der Waals surface area contributed by atoms with Crippen molar-refractivity contribution in [1.82, 2.24) is 4.90 Å². The molecule has 0 radical (unpaired) electrons. The molecule has 0 spiro atoms. The van der Waals surface area contributed by atoms with E-state index in [0.717, 1.165) is 21.2 Å². The average molecular weight is 460 g/mol. The number of rotatable bonds is 2. The number of hydrogen-bond donors (Lipinski definition) is 0. The number of halogens is 1. The topological polar surface area (TPSA) is 67.9 Å². The molecule has 1 saturated heterocycles. The van der Waals surface area contributed by atoms with Crippen molar-refractivity contribution in [1.29, 1.82) is 10.5 Å². The van der Waals surface area contributed by atoms with Crippen LogP contribution in [-0.4, -0.2) is 16.7 Å². The molecule has 2 aliphatic rings. The van der Waals surface area contributed by atoms with Crippen LogP contribution in [0.3, 0.4) is 0 Å². The predicted octanol–water partition coefficient (Wildman–Crippen LogP) is 5.59. The number of Topliss-reactive ketones (excluding diaryl/α,β-unsaturated/α-hetero) is 1. The van der Waals surface area contributed by atoms with E-state index in [-0.39, 0.29) is 5.78 Å². The summed E-state index contributed by atoms with van der Waals surface area (Å²) in [7, 11) is 0. The first kappa shape index (κ1) is 20.4. The highest BCUT2D eigenvalue weighted by Crippen LogP contribution is 2.60. The van der Waals surface area contributed by atoms with Crippen molar-refractivity contribution in [3.8, 4) is 12.1 Å². The van der Waals surface area contributed by atoms with E-state index in [4.69, 9.17) is 0 Å². The summed E-state index contributed by atoms with van der Waals surface area (Å²) in [5.41, 5.74) is 0.673. The molecule has 1 fully saturated rings. The molecule has 0 aromatic heterocycles. The van der Waals surface area contributed by atoms with Crippen LogP contribution in [0.5, 0.6) is 0 Å². The lowest BCUT2D eigenvalue weighted by Gasteiger charge is -2.36. The molecule has 0 unspecified atom stereocenters. The molecule has 150 valence electrons. The minimum Gasteiger partial charge on any atom is -0.357 e. The van der Waals surface area contributed by atoms with Gasteiger partial charge in [0, 0.05) is 22.0 Å². The van der Waals surface area contributed by atoms with E-state index in [0.29, 0.717) is 0 Å². The van der Waals surface area contributed by atoms with E-state index >= 15 is 0 Å². The smallest absolute Gasteiger partial charge is 0.177 e. The Morgan fingerprint density at radius 2 is 1.80 bits per heavy atom. The zero-order chi connectivity index (χ0) is 21.7. The van der Waals surface area contributed by atoms with E-state index < -0.39 is 28.8 Å². The van der Waals surface area contributed by atoms with Crippen molar-refractivity contribution < 1.29 is 4.79 Å². The van der Waals surface area contributed by atoms with Gasteiger partial charge in [-0.15, -0.1) is 0 Å². The summed E-state index contributed by atoms with van der Waals surface area (Å²) >= 11 is 3.51. The minimum absolute atomic E-state index is 0.0221. The summed E-state index contributed by atoms with van der Waals surface area (Å²) in [6.45, 7) is 5.67. The van der Waals surface area contributed by atoms with Gasteiger partial charge in [-0.05, 0) is 34.9 Å². The molecule has 4 rings (SSSR count). The van der Waals surface area contributed by atoms with Gasteiger partial charge in [0.15, 0.2) is 11.2 Å². The molecule has 0 saturated carbocycles. The Morgan fingerprint density at radius 1 is 1.10 bits per heavy atom. The molecule has 0 bridgehead atoms. The van der Waals surface area contributed by atoms with Crippen LogP contribution in [0.1, 0.15) is 49.4 Å². The maximum Gasteiger partial charge on any atom is 0.177 e. The van der Waals surface area contributed by atoms with Crippen molar-refractivity contribution >= 4 is 27.8 Å². The van der Waals surface area contributed by atoms with Gasteiger partial charge in [-0.25, -0.2) is 0 Å². The van der Waals surface area contributed by atoms with Gasteiger partial charge < -0.3 is 4.90 Å². The zero-order valence-corrected chi connectivity index (χ0v) is 18.7. The normalized spacial score (nSPS) is 23.8. The molecule has 2 aromatic carbocycles. The Morgan fingerprint density at radius 3 is 2.43 bits per heavy atom. The predicted molar refractivity (Wildman–Crippen MR) is 119 cm³/mol. The third kappa shape index (κ3) is 2.89. The van der Waals surface area contributed by atoms with E-state index in [2.05, 4.69) is 28.1 Å². The molecule has 0 amide bonds. The van der Waals surface area contributed by atoms with Crippen molar-refractivity contribution in [3.05, 3.63) is 75.9 Å². The number of nitrogens with zero attached hydrogens (tertiary/aromatic N) is 3. The first-order valence-electron chi connectivity index (χ1n) is 9.91. The quantitative estimate of drug-likeness (QED) is 0.586. The van der Waals surface area contributed by atoms with Crippen LogP contribution in [0.4, 0.5) is 0 Å². The molecule has 4 nitrogen and oxygen atoms in total. The van der Waals surface area contributed by atoms with Gasteiger partial charge in [-0.2, -0.15) is 10.5 Å². The monoisotopic (exact) mass is 459 g/mol. The van der Waals surface area contributed by atoms with Crippen LogP contribution in [0.2, 0.25) is 0 Å². The lowest BCUT2D eigenvalue weighted by Crippen LogP contribution is -2.43. The fraction of sp³-hybridized carbons (Fsp3) is 0.320. The molecule has 5 heteroatoms. The van der Waals surface area contributed by atoms with Gasteiger partial charge in [0.2, 0.25) is 0 Å². The van der Waals surface area contributed by atoms with Crippen LogP contribution in [0, 0.1) is 33.5 Å². The third-order valence-electron chi connectivity index (χ3n) is 6.16. The largest absolute Gasteiger partial charge is 0.357 e. The molecule has 0 N–H and O–H groups in total. The average Bonchev–Trinajstić information content (AvgIpc) is 3.03. The molecule has 2 heterocycles. The van der Waals surface area contributed by atoms with Crippen molar-refractivity contribution in [2.45, 2.75) is 38.8 Å². The van der Waals surface area contributed by atoms with Crippen LogP contribution in [0.15, 0.2) is 59.2 Å². The number of ketones is 1. The summed E-state index contributed by atoms with van der Waals surface area (Å²) < 4.78 is 0.854. The minimum atomic E-state index is -1.41. The number of carbonyl (C=O) groups is 1. The van der Waals surface area contributed by atoms with Crippen LogP contribution < -0.4 is 0 Å². The Kier molecular flexibility index (Phi) is 4.83. The number of hydrogen-bond acceptors (Lipinski definition) is 4. The summed E-state index contributed by atoms with van der Waals surface area (Å²) in [6, 6.07) is 19.0. The van der Waals surface area contributed by atoms with Crippen molar-refractivity contribution in [2.75, 3.05) is 0 Å². The van der Waals surface area contributed by atoms with Gasteiger partial charge in [-0.3, -0.25) is 4.79 Å². The summed E-state index contributed by atoms with van der Waals surface area (Å²) in [4.78, 5) is 15.7. The van der Waals surface area contributed by atoms with Gasteiger partial charge in [-0.1, -0.05) is 73.1 Å². The van der Waals surface area contributed by atoms with Gasteiger partial charge >= 0.3 is 0 Å². The van der Waals surface area contributed by atoms with Crippen LogP contribution in [-0.2, 0) is 4.79 Å². The number of carbonyl (C=O) groups excluding carboxylic acids is 1. The van der Waals surface area contributed by atoms with E-state index in [9.17, 15) is 15.3 Å². The van der Waals surface area contributed by atoms with Gasteiger partial charge in [0.1, 0.15) is 0 Å². The van der Waals surface area contributed by atoms with Crippen LogP contribution in [0.25, 0.3) is 6.08 Å². The molecule has 3 atom stereocenters. The zero-order valence-electron chi connectivity index (χ0n) is 17.1. The lowest BCUT2D eigenvalue weighted by atomic mass is 9.66. The second kappa shape index (κ2) is 7.11. The highest BCUT2D eigenvalue weighted by atomic mass is 79.9. The Labute approximate surface area is 185 Å². The second-order valence-corrected chi connectivity index (χ2v) is 9.89. The van der Waals surface area contributed by atoms with Crippen molar-refractivity contribution in [3.63, 3.8) is 0 Å². The Bertz CT molecular complexity index is 1120. The molecule has 30 heavy (non-hydrogen) atoms. The number of fused-ring (bicyclic) bond motifs is 3. The van der Waals surface area contributed by atoms with E-state index in [1.54, 1.807) is 0 Å². The number of nitriles is 2. The first-order valence-corrected chi connectivity index (χ1v) is 10.7. The van der Waals surface area contributed by atoms with Crippen molar-refractivity contribution in [2.24, 2.45) is 10.8 Å². The van der Waals surface area contributed by atoms with E-state index in [1.165, 1.54) is 0 Å². The Hall–Kier alpha value is -2.89. The highest BCUT2D eigenvalue weighted by molar-refractivity contribution is 9.10. The second-order valence-electron chi connectivity index (χ2n) is 8.98. The Balaban J connectivity index is 2.03. The maximum atomic E-state index is 13.7. The molecular formula is C25H22BrN3O. The molecular weight excluding hydrogens is 438 g/mol. The first-order chi connectivity index (χ1) is 14.2. The fourth-order valence-corrected chi connectivity index (χ4v) is 5.23. The fourth-order valence-electron chi connectivity index (χ4n) is 4.81. The van der Waals surface area contributed by atoms with E-state index in [1.807, 2.05) is 86.5 Å². The third-order valence-corrected chi connectivity index (χ3v) is 6.65. The summed E-state index contributed by atoms with van der Waals surface area (Å²) in [5, 5.41) is 20.9. The van der Waals surface area contributed by atoms with Gasteiger partial charge in [0.25, 0.3) is 0 Å². The number of benzene rings is 2. The lowest BCUT2D eigenvalue weighted by molar-refractivity contribution is -0.130. The summed E-state index contributed by atoms with van der Waals surface area (Å²) in [5.74, 6) is -0.564. The van der Waals surface area contributed by atoms with Gasteiger partial charge in [0.05, 0.1) is 24.2 Å². The molecule has 0 aliphatic carbocycles. The SMILES string of the molecule is CC(C)(C)C(=O)[C@H]1[C@H](c2cccc(Br)c2)C(C#N)(C#N)[C@@H]2c3ccccc3C=CN21.